The Balaban J connectivity index is 0.740. The number of hydrogen-bond donors (Lipinski definition) is 14. The van der Waals surface area contributed by atoms with E-state index in [1.807, 2.05) is 35.6 Å². The van der Waals surface area contributed by atoms with Gasteiger partial charge in [-0.2, -0.15) is 19.9 Å². The summed E-state index contributed by atoms with van der Waals surface area (Å²) in [6, 6.07) is -3.25. The topological polar surface area (TPSA) is 392 Å². The number of aryl methyl sites for hydroxylation is 2. The summed E-state index contributed by atoms with van der Waals surface area (Å²) in [4.78, 5) is 74.9. The quantitative estimate of drug-likeness (QED) is 0.0413. The molecule has 0 unspecified atom stereocenters. The third-order valence-corrected chi connectivity index (χ3v) is 15.5. The summed E-state index contributed by atoms with van der Waals surface area (Å²) in [5, 5.41) is 87.9. The van der Waals surface area contributed by atoms with Gasteiger partial charge in [0.1, 0.15) is 37.6 Å². The number of aliphatic hydroxyl groups is 6. The Labute approximate surface area is 447 Å². The lowest BCUT2D eigenvalue weighted by Gasteiger charge is -2.32. The lowest BCUT2D eigenvalue weighted by molar-refractivity contribution is -0.126. The summed E-state index contributed by atoms with van der Waals surface area (Å²) in [6.07, 6.45) is 12.8. The van der Waals surface area contributed by atoms with Crippen LogP contribution in [-0.4, -0.2) is 194 Å². The number of imidazole rings is 4. The second-order valence-corrected chi connectivity index (χ2v) is 21.1. The van der Waals surface area contributed by atoms with Gasteiger partial charge in [0.15, 0.2) is 34.0 Å². The summed E-state index contributed by atoms with van der Waals surface area (Å²) >= 11 is 0. The molecular weight excluding hydrogens is 1010 g/mol. The highest BCUT2D eigenvalue weighted by Gasteiger charge is 2.45. The molecule has 29 heteroatoms. The molecule has 4 aliphatic rings. The van der Waals surface area contributed by atoms with Crippen LogP contribution in [0, 0.1) is 0 Å². The number of rotatable bonds is 20. The number of hydrogen-bond acceptors (Lipinski definition) is 21. The zero-order valence-electron chi connectivity index (χ0n) is 43.5. The van der Waals surface area contributed by atoms with E-state index in [4.69, 9.17) is 19.9 Å². The van der Waals surface area contributed by atoms with E-state index in [0.717, 1.165) is 62.8 Å². The summed E-state index contributed by atoms with van der Waals surface area (Å²) in [5.41, 5.74) is 3.59. The molecule has 0 bridgehead atoms. The number of carbonyl (C=O) groups is 3. The van der Waals surface area contributed by atoms with Crippen LogP contribution in [-0.2, 0) is 36.5 Å². The maximum atomic E-state index is 13.5. The fourth-order valence-corrected chi connectivity index (χ4v) is 11.4. The van der Waals surface area contributed by atoms with E-state index >= 15 is 0 Å². The molecule has 0 spiro atoms. The van der Waals surface area contributed by atoms with Crippen molar-refractivity contribution in [1.29, 1.82) is 0 Å². The fraction of sp³-hybridized carbons (Fsp3) is 0.612. The Bertz CT molecular complexity index is 2840. The Morgan fingerprint density at radius 3 is 1.29 bits per heavy atom. The third kappa shape index (κ3) is 12.2. The van der Waals surface area contributed by atoms with E-state index in [0.29, 0.717) is 71.8 Å². The first-order valence-electron chi connectivity index (χ1n) is 26.7. The normalized spacial score (nSPS) is 27.2. The van der Waals surface area contributed by atoms with Crippen molar-refractivity contribution in [2.75, 3.05) is 47.6 Å². The van der Waals surface area contributed by atoms with Gasteiger partial charge in [-0.15, -0.1) is 0 Å². The van der Waals surface area contributed by atoms with Gasteiger partial charge in [-0.3, -0.25) is 9.59 Å². The minimum atomic E-state index is -1.28. The molecule has 6 heterocycles. The van der Waals surface area contributed by atoms with Crippen LogP contribution >= 0.6 is 0 Å². The molecule has 10 rings (SSSR count). The number of aliphatic hydroxyl groups excluding tert-OH is 6. The zero-order chi connectivity index (χ0) is 54.6. The average molecular weight is 1080 g/mol. The number of nitrogens with zero attached hydrogens (tertiary/aromatic N) is 12. The van der Waals surface area contributed by atoms with Crippen LogP contribution in [0.25, 0.3) is 22.3 Å². The van der Waals surface area contributed by atoms with Crippen LogP contribution in [0.3, 0.4) is 0 Å². The second-order valence-electron chi connectivity index (χ2n) is 21.1. The molecule has 4 aliphatic carbocycles. The zero-order valence-corrected chi connectivity index (χ0v) is 43.5. The number of amides is 4. The van der Waals surface area contributed by atoms with Crippen LogP contribution in [0.1, 0.15) is 87.7 Å². The van der Waals surface area contributed by atoms with Crippen molar-refractivity contribution in [1.82, 2.24) is 79.4 Å². The van der Waals surface area contributed by atoms with Crippen LogP contribution in [0.2, 0.25) is 0 Å². The number of urea groups is 1. The second kappa shape index (κ2) is 23.7. The summed E-state index contributed by atoms with van der Waals surface area (Å²) in [7, 11) is 3.81. The molecule has 8 atom stereocenters. The van der Waals surface area contributed by atoms with Crippen molar-refractivity contribution in [2.45, 2.75) is 150 Å². The van der Waals surface area contributed by atoms with E-state index in [-0.39, 0.29) is 43.0 Å². The maximum Gasteiger partial charge on any atom is 0.315 e. The van der Waals surface area contributed by atoms with Crippen molar-refractivity contribution < 1.29 is 45.0 Å². The molecule has 0 radical (unpaired) electrons. The highest BCUT2D eigenvalue weighted by molar-refractivity contribution is 5.86. The van der Waals surface area contributed by atoms with Crippen molar-refractivity contribution in [3.63, 3.8) is 0 Å². The Morgan fingerprint density at radius 2 is 0.923 bits per heavy atom. The van der Waals surface area contributed by atoms with E-state index in [1.54, 1.807) is 34.4 Å². The number of aromatic nitrogens is 12. The minimum absolute atomic E-state index is 0.00000428. The first-order chi connectivity index (χ1) is 37.7. The molecule has 0 saturated heterocycles. The molecule has 4 fully saturated rings. The van der Waals surface area contributed by atoms with Gasteiger partial charge in [0.25, 0.3) is 0 Å². The number of nitrogens with one attached hydrogen (secondary N) is 8. The number of fused-ring (bicyclic) bond motifs is 2. The van der Waals surface area contributed by atoms with Gasteiger partial charge in [-0.1, -0.05) is 0 Å². The van der Waals surface area contributed by atoms with E-state index < -0.39 is 73.6 Å². The van der Waals surface area contributed by atoms with Crippen molar-refractivity contribution >= 4 is 63.7 Å². The fourth-order valence-electron chi connectivity index (χ4n) is 11.4. The molecule has 78 heavy (non-hydrogen) atoms. The average Bonchev–Trinajstić information content (AvgIpc) is 4.44. The molecule has 0 aromatic carbocycles. The molecule has 420 valence electrons. The van der Waals surface area contributed by atoms with Gasteiger partial charge in [-0.05, 0) is 64.2 Å². The van der Waals surface area contributed by atoms with Gasteiger partial charge in [0, 0.05) is 76.6 Å². The van der Waals surface area contributed by atoms with Gasteiger partial charge in [0.05, 0.1) is 60.9 Å². The van der Waals surface area contributed by atoms with Crippen LogP contribution < -0.4 is 42.5 Å². The summed E-state index contributed by atoms with van der Waals surface area (Å²) < 4.78 is 7.14. The molecular formula is C49H70N20O9. The molecule has 0 aliphatic heterocycles. The van der Waals surface area contributed by atoms with Gasteiger partial charge >= 0.3 is 6.03 Å². The summed E-state index contributed by atoms with van der Waals surface area (Å²) in [5.74, 6) is 0.343. The molecule has 14 N–H and O–H groups in total. The van der Waals surface area contributed by atoms with Gasteiger partial charge in [-0.25, -0.2) is 24.7 Å². The van der Waals surface area contributed by atoms with Gasteiger partial charge in [0.2, 0.25) is 23.7 Å². The van der Waals surface area contributed by atoms with Crippen molar-refractivity contribution in [3.8, 4) is 0 Å². The lowest BCUT2D eigenvalue weighted by atomic mass is 9.90. The first-order valence-corrected chi connectivity index (χ1v) is 26.7. The maximum absolute atomic E-state index is 13.5. The Morgan fingerprint density at radius 1 is 0.526 bits per heavy atom. The van der Waals surface area contributed by atoms with Crippen LogP contribution in [0.15, 0.2) is 37.7 Å². The van der Waals surface area contributed by atoms with E-state index in [9.17, 15) is 45.0 Å². The number of carbonyl (C=O) groups excluding carboxylic acids is 3. The Hall–Kier alpha value is -7.31. The van der Waals surface area contributed by atoms with E-state index in [1.165, 1.54) is 0 Å². The first kappa shape index (κ1) is 54.1. The van der Waals surface area contributed by atoms with Crippen LogP contribution in [0.5, 0.6) is 0 Å². The molecule has 6 aromatic rings. The summed E-state index contributed by atoms with van der Waals surface area (Å²) in [6.45, 7) is -0.513. The van der Waals surface area contributed by atoms with E-state index in [2.05, 4.69) is 62.5 Å². The Kier molecular flexibility index (Phi) is 16.5. The van der Waals surface area contributed by atoms with Gasteiger partial charge < -0.3 is 91.4 Å². The SMILES string of the molecule is Cn1cnc(CCNc2nc(N[C@H]3CC[C@H](NC(=O)N[C@H]4CC[C@H](Nc5nc(NCCc6cn(C)cn6)nc6c5ncn6[C@@H]5C[C@H](NC(=O)CO)[C@@H](O)[C@H]5O)CC4)CC3)c3ncn([C@@H]4C[C@H](NC(=O)CO)[C@@H](O)[C@H]4O)c3n2)c1. The molecule has 4 amide bonds. The van der Waals surface area contributed by atoms with Crippen molar-refractivity contribution in [3.05, 3.63) is 49.1 Å². The monoisotopic (exact) mass is 1080 g/mol. The largest absolute Gasteiger partial charge is 0.388 e. The van der Waals surface area contributed by atoms with Crippen LogP contribution in [0.4, 0.5) is 28.3 Å². The molecule has 29 nitrogen and oxygen atoms in total. The number of anilines is 4. The third-order valence-electron chi connectivity index (χ3n) is 15.5. The predicted molar refractivity (Wildman–Crippen MR) is 282 cm³/mol. The molecule has 6 aromatic heterocycles. The minimum Gasteiger partial charge on any atom is -0.388 e. The molecule has 4 saturated carbocycles. The smallest absolute Gasteiger partial charge is 0.315 e. The highest BCUT2D eigenvalue weighted by atomic mass is 16.3. The standard InChI is InChI=1S/C49H70N20O9/c1-66-17-29(52-21-66)11-13-50-47-62-43(37-45(64-47)68(23-54-37)33-15-31(39(74)41(33)76)60-35(72)19-70)56-25-3-7-27(8-4-25)58-49(78)59-28-9-5-26(6-10-28)57-44-38-46(65-48(63-44)51-14-12-30-18-67(2)22-53-30)69(24-55-38)34-16-32(40(75)42(34)77)61-36(73)20-71/h17-18,21-28,31-34,39-42,70-71,74-77H,3-16,19-20H2,1-2H3,(H,60,72)(H,61,73)(H2,58,59,78)(H2,50,56,62,64)(H2,51,57,63,65)/t25-,26-,27-,28-,31-,32-,33+,34+,39+,40+,41-,42-/m0/s1. The lowest BCUT2D eigenvalue weighted by Crippen LogP contribution is -2.49. The predicted octanol–water partition coefficient (Wildman–Crippen LogP) is -1.52. The highest BCUT2D eigenvalue weighted by Crippen LogP contribution is 2.37. The van der Waals surface area contributed by atoms with Crippen molar-refractivity contribution in [2.24, 2.45) is 14.1 Å².